The summed E-state index contributed by atoms with van der Waals surface area (Å²) in [5.74, 6) is 0.275. The first kappa shape index (κ1) is 12.8. The Bertz CT molecular complexity index is 429. The molecule has 0 aliphatic rings. The molecular formula is C10H12Cl2O2S. The van der Waals surface area contributed by atoms with Gasteiger partial charge in [0.15, 0.2) is 9.84 Å². The number of alkyl halides is 1. The van der Waals surface area contributed by atoms with Gasteiger partial charge in [0.25, 0.3) is 0 Å². The molecule has 1 aromatic rings. The lowest BCUT2D eigenvalue weighted by atomic mass is 10.3. The van der Waals surface area contributed by atoms with E-state index < -0.39 is 9.84 Å². The molecule has 2 nitrogen and oxygen atoms in total. The third-order valence-corrected chi connectivity index (χ3v) is 4.94. The smallest absolute Gasteiger partial charge is 0.180 e. The fourth-order valence-corrected chi connectivity index (χ4v) is 3.63. The number of hydrogen-bond donors (Lipinski definition) is 0. The molecule has 0 aromatic heterocycles. The molecule has 1 unspecified atom stereocenters. The van der Waals surface area contributed by atoms with Crippen molar-refractivity contribution in [2.45, 2.75) is 11.8 Å². The fourth-order valence-electron chi connectivity index (χ4n) is 1.21. The van der Waals surface area contributed by atoms with Crippen LogP contribution in [-0.2, 0) is 9.84 Å². The van der Waals surface area contributed by atoms with Gasteiger partial charge in [-0.1, -0.05) is 30.7 Å². The largest absolute Gasteiger partial charge is 0.224 e. The second-order valence-corrected chi connectivity index (χ2v) is 6.19. The zero-order chi connectivity index (χ0) is 11.5. The Morgan fingerprint density at radius 1 is 1.33 bits per heavy atom. The Morgan fingerprint density at radius 2 is 1.93 bits per heavy atom. The minimum absolute atomic E-state index is 0.0280. The van der Waals surface area contributed by atoms with E-state index in [9.17, 15) is 8.42 Å². The van der Waals surface area contributed by atoms with Crippen LogP contribution in [0.5, 0.6) is 0 Å². The van der Waals surface area contributed by atoms with E-state index >= 15 is 0 Å². The van der Waals surface area contributed by atoms with Gasteiger partial charge in [0, 0.05) is 5.88 Å². The summed E-state index contributed by atoms with van der Waals surface area (Å²) in [6, 6.07) is 6.44. The van der Waals surface area contributed by atoms with Gasteiger partial charge < -0.3 is 0 Å². The molecule has 0 saturated carbocycles. The van der Waals surface area contributed by atoms with Gasteiger partial charge in [-0.2, -0.15) is 0 Å². The van der Waals surface area contributed by atoms with Gasteiger partial charge in [-0.25, -0.2) is 8.42 Å². The number of halogens is 2. The van der Waals surface area contributed by atoms with Crippen LogP contribution in [0.4, 0.5) is 0 Å². The third kappa shape index (κ3) is 3.37. The van der Waals surface area contributed by atoms with Crippen molar-refractivity contribution in [3.63, 3.8) is 0 Å². The van der Waals surface area contributed by atoms with Crippen molar-refractivity contribution in [3.05, 3.63) is 29.3 Å². The molecule has 15 heavy (non-hydrogen) atoms. The highest BCUT2D eigenvalue weighted by Crippen LogP contribution is 2.23. The van der Waals surface area contributed by atoms with E-state index in [1.165, 1.54) is 6.07 Å². The monoisotopic (exact) mass is 266 g/mol. The summed E-state index contributed by atoms with van der Waals surface area (Å²) in [6.45, 7) is 1.79. The minimum Gasteiger partial charge on any atom is -0.224 e. The van der Waals surface area contributed by atoms with Crippen LogP contribution in [0.1, 0.15) is 6.92 Å². The van der Waals surface area contributed by atoms with Gasteiger partial charge in [0.05, 0.1) is 15.7 Å². The van der Waals surface area contributed by atoms with Gasteiger partial charge in [-0.05, 0) is 18.1 Å². The van der Waals surface area contributed by atoms with Gasteiger partial charge in [-0.3, -0.25) is 0 Å². The topological polar surface area (TPSA) is 34.1 Å². The molecule has 0 aliphatic heterocycles. The van der Waals surface area contributed by atoms with Crippen molar-refractivity contribution < 1.29 is 8.42 Å². The van der Waals surface area contributed by atoms with Crippen LogP contribution in [0.25, 0.3) is 0 Å². The SMILES string of the molecule is CC(CCl)CS(=O)(=O)c1ccccc1Cl. The second kappa shape index (κ2) is 5.19. The predicted octanol–water partition coefficient (Wildman–Crippen LogP) is 2.99. The first-order chi connectivity index (χ1) is 6.97. The quantitative estimate of drug-likeness (QED) is 0.786. The molecule has 0 aliphatic carbocycles. The number of benzene rings is 1. The third-order valence-electron chi connectivity index (χ3n) is 1.94. The summed E-state index contributed by atoms with van der Waals surface area (Å²) in [5.41, 5.74) is 0. The normalized spacial score (nSPS) is 13.8. The molecule has 0 N–H and O–H groups in total. The Morgan fingerprint density at radius 3 is 2.47 bits per heavy atom. The molecular weight excluding hydrogens is 255 g/mol. The van der Waals surface area contributed by atoms with Crippen LogP contribution in [0.3, 0.4) is 0 Å². The Kier molecular flexibility index (Phi) is 4.44. The van der Waals surface area contributed by atoms with Crippen molar-refractivity contribution in [2.24, 2.45) is 5.92 Å². The molecule has 0 heterocycles. The molecule has 0 bridgehead atoms. The standard InChI is InChI=1S/C10H12Cl2O2S/c1-8(6-11)7-15(13,14)10-5-3-2-4-9(10)12/h2-5,8H,6-7H2,1H3. The van der Waals surface area contributed by atoms with Crippen LogP contribution in [0.2, 0.25) is 5.02 Å². The highest BCUT2D eigenvalue weighted by Gasteiger charge is 2.20. The lowest BCUT2D eigenvalue weighted by Gasteiger charge is -2.09. The lowest BCUT2D eigenvalue weighted by Crippen LogP contribution is -2.15. The maximum absolute atomic E-state index is 11.9. The summed E-state index contributed by atoms with van der Waals surface area (Å²) in [7, 11) is -3.32. The van der Waals surface area contributed by atoms with Crippen molar-refractivity contribution in [3.8, 4) is 0 Å². The second-order valence-electron chi connectivity index (χ2n) is 3.47. The summed E-state index contributed by atoms with van der Waals surface area (Å²) < 4.78 is 23.8. The predicted molar refractivity (Wildman–Crippen MR) is 63.4 cm³/mol. The fraction of sp³-hybridized carbons (Fsp3) is 0.400. The zero-order valence-corrected chi connectivity index (χ0v) is 10.6. The number of hydrogen-bond acceptors (Lipinski definition) is 2. The highest BCUT2D eigenvalue weighted by atomic mass is 35.5. The van der Waals surface area contributed by atoms with Crippen LogP contribution < -0.4 is 0 Å². The molecule has 0 radical (unpaired) electrons. The van der Waals surface area contributed by atoms with E-state index in [2.05, 4.69) is 0 Å². The van der Waals surface area contributed by atoms with E-state index in [1.807, 2.05) is 0 Å². The number of rotatable bonds is 4. The average Bonchev–Trinajstić information content (AvgIpc) is 2.17. The van der Waals surface area contributed by atoms with Gasteiger partial charge >= 0.3 is 0 Å². The van der Waals surface area contributed by atoms with E-state index in [-0.39, 0.29) is 21.6 Å². The van der Waals surface area contributed by atoms with E-state index in [4.69, 9.17) is 23.2 Å². The maximum Gasteiger partial charge on any atom is 0.180 e. The van der Waals surface area contributed by atoms with Crippen LogP contribution in [-0.4, -0.2) is 20.1 Å². The van der Waals surface area contributed by atoms with E-state index in [1.54, 1.807) is 25.1 Å². The van der Waals surface area contributed by atoms with Crippen LogP contribution >= 0.6 is 23.2 Å². The number of sulfone groups is 1. The van der Waals surface area contributed by atoms with E-state index in [0.717, 1.165) is 0 Å². The summed E-state index contributed by atoms with van der Waals surface area (Å²) in [6.07, 6.45) is 0. The van der Waals surface area contributed by atoms with Gasteiger partial charge in [0.1, 0.15) is 0 Å². The average molecular weight is 267 g/mol. The molecule has 5 heteroatoms. The summed E-state index contributed by atoms with van der Waals surface area (Å²) in [4.78, 5) is 0.184. The van der Waals surface area contributed by atoms with Crippen LogP contribution in [0.15, 0.2) is 29.2 Å². The first-order valence-electron chi connectivity index (χ1n) is 4.50. The molecule has 1 rings (SSSR count). The van der Waals surface area contributed by atoms with Crippen molar-refractivity contribution >= 4 is 33.0 Å². The first-order valence-corrected chi connectivity index (χ1v) is 7.07. The molecule has 1 atom stereocenters. The molecule has 84 valence electrons. The van der Waals surface area contributed by atoms with Crippen molar-refractivity contribution in [1.82, 2.24) is 0 Å². The maximum atomic E-state index is 11.9. The zero-order valence-electron chi connectivity index (χ0n) is 8.28. The molecule has 0 saturated heterocycles. The Labute approximate surface area is 100 Å². The Hall–Kier alpha value is -0.250. The molecule has 1 aromatic carbocycles. The van der Waals surface area contributed by atoms with Gasteiger partial charge in [0.2, 0.25) is 0 Å². The van der Waals surface area contributed by atoms with Crippen LogP contribution in [0, 0.1) is 5.92 Å². The highest BCUT2D eigenvalue weighted by molar-refractivity contribution is 7.91. The summed E-state index contributed by atoms with van der Waals surface area (Å²) >= 11 is 11.4. The van der Waals surface area contributed by atoms with Crippen molar-refractivity contribution in [2.75, 3.05) is 11.6 Å². The summed E-state index contributed by atoms with van der Waals surface area (Å²) in [5, 5.41) is 0.263. The lowest BCUT2D eigenvalue weighted by molar-refractivity contribution is 0.583. The molecule has 0 spiro atoms. The Balaban J connectivity index is 3.02. The van der Waals surface area contributed by atoms with E-state index in [0.29, 0.717) is 5.88 Å². The van der Waals surface area contributed by atoms with Gasteiger partial charge in [-0.15, -0.1) is 11.6 Å². The molecule has 0 amide bonds. The van der Waals surface area contributed by atoms with Crippen molar-refractivity contribution in [1.29, 1.82) is 0 Å². The molecule has 0 fully saturated rings. The minimum atomic E-state index is -3.32.